The first-order valence-corrected chi connectivity index (χ1v) is 7.72. The van der Waals surface area contributed by atoms with Crippen molar-refractivity contribution in [2.75, 3.05) is 13.3 Å². The zero-order valence-corrected chi connectivity index (χ0v) is 13.8. The van der Waals surface area contributed by atoms with E-state index in [1.54, 1.807) is 32.0 Å². The first-order valence-electron chi connectivity index (χ1n) is 7.72. The van der Waals surface area contributed by atoms with E-state index in [0.717, 1.165) is 10.5 Å². The number of urea groups is 1. The van der Waals surface area contributed by atoms with Gasteiger partial charge in [0.15, 0.2) is 11.5 Å². The maximum absolute atomic E-state index is 12.1. The number of amides is 5. The molecule has 1 N–H and O–H groups in total. The second-order valence-electron chi connectivity index (χ2n) is 5.91. The van der Waals surface area contributed by atoms with Crippen LogP contribution in [0.5, 0.6) is 11.5 Å². The number of ether oxygens (including phenoxy) is 2. The van der Waals surface area contributed by atoms with Crippen LogP contribution in [0.15, 0.2) is 18.2 Å². The molecule has 25 heavy (non-hydrogen) atoms. The third-order valence-electron chi connectivity index (χ3n) is 3.83. The number of rotatable bonds is 5. The molecule has 0 saturated carbocycles. The SMILES string of the molecule is CC(C)N1C(=O)C(=O)N(CC(=O)NCc2ccc3c(c2)OCO3)C1=O. The average molecular weight is 347 g/mol. The molecule has 0 bridgehead atoms. The van der Waals surface area contributed by atoms with E-state index in [9.17, 15) is 19.2 Å². The quantitative estimate of drug-likeness (QED) is 0.604. The number of carbonyl (C=O) groups is 4. The Labute approximate surface area is 143 Å². The minimum atomic E-state index is -0.989. The minimum absolute atomic E-state index is 0.157. The fourth-order valence-corrected chi connectivity index (χ4v) is 2.57. The monoisotopic (exact) mass is 347 g/mol. The summed E-state index contributed by atoms with van der Waals surface area (Å²) in [4.78, 5) is 49.3. The van der Waals surface area contributed by atoms with E-state index < -0.39 is 36.3 Å². The lowest BCUT2D eigenvalue weighted by Gasteiger charge is -2.18. The molecule has 0 spiro atoms. The van der Waals surface area contributed by atoms with Crippen LogP contribution in [0.1, 0.15) is 19.4 Å². The van der Waals surface area contributed by atoms with Crippen molar-refractivity contribution < 1.29 is 28.7 Å². The van der Waals surface area contributed by atoms with Gasteiger partial charge in [-0.05, 0) is 31.5 Å². The zero-order chi connectivity index (χ0) is 18.1. The molecule has 1 saturated heterocycles. The maximum Gasteiger partial charge on any atom is 0.334 e. The van der Waals surface area contributed by atoms with Gasteiger partial charge in [0.2, 0.25) is 12.7 Å². The van der Waals surface area contributed by atoms with Crippen LogP contribution in [0, 0.1) is 0 Å². The van der Waals surface area contributed by atoms with Crippen LogP contribution in [0.3, 0.4) is 0 Å². The number of imide groups is 2. The van der Waals surface area contributed by atoms with E-state index in [1.807, 2.05) is 0 Å². The molecule has 3 rings (SSSR count). The number of hydrogen-bond acceptors (Lipinski definition) is 6. The molecule has 9 heteroatoms. The van der Waals surface area contributed by atoms with E-state index in [0.29, 0.717) is 16.4 Å². The molecule has 1 aromatic rings. The third kappa shape index (κ3) is 3.12. The Morgan fingerprint density at radius 1 is 1.16 bits per heavy atom. The molecule has 2 heterocycles. The fraction of sp³-hybridized carbons (Fsp3) is 0.375. The van der Waals surface area contributed by atoms with Crippen LogP contribution in [-0.4, -0.2) is 52.9 Å². The summed E-state index contributed by atoms with van der Waals surface area (Å²) in [5.74, 6) is -1.22. The summed E-state index contributed by atoms with van der Waals surface area (Å²) in [7, 11) is 0. The molecule has 9 nitrogen and oxygen atoms in total. The molecule has 0 aromatic heterocycles. The molecular weight excluding hydrogens is 330 g/mol. The van der Waals surface area contributed by atoms with Crippen molar-refractivity contribution in [2.24, 2.45) is 0 Å². The van der Waals surface area contributed by atoms with Gasteiger partial charge >= 0.3 is 17.8 Å². The highest BCUT2D eigenvalue weighted by molar-refractivity contribution is 6.45. The Hall–Kier alpha value is -3.10. The van der Waals surface area contributed by atoms with Gasteiger partial charge in [-0.1, -0.05) is 6.07 Å². The Balaban J connectivity index is 1.58. The van der Waals surface area contributed by atoms with Crippen molar-refractivity contribution in [2.45, 2.75) is 26.4 Å². The van der Waals surface area contributed by atoms with E-state index >= 15 is 0 Å². The molecule has 132 valence electrons. The predicted molar refractivity (Wildman–Crippen MR) is 83.5 cm³/mol. The van der Waals surface area contributed by atoms with E-state index in [2.05, 4.69) is 5.32 Å². The number of hydrogen-bond donors (Lipinski definition) is 1. The lowest BCUT2D eigenvalue weighted by molar-refractivity contribution is -0.144. The van der Waals surface area contributed by atoms with Crippen molar-refractivity contribution in [1.82, 2.24) is 15.1 Å². The van der Waals surface area contributed by atoms with E-state index in [4.69, 9.17) is 9.47 Å². The molecule has 1 fully saturated rings. The van der Waals surface area contributed by atoms with Crippen LogP contribution < -0.4 is 14.8 Å². The van der Waals surface area contributed by atoms with E-state index in [-0.39, 0.29) is 13.3 Å². The molecular formula is C16H17N3O6. The van der Waals surface area contributed by atoms with Gasteiger partial charge in [0.25, 0.3) is 0 Å². The largest absolute Gasteiger partial charge is 0.454 e. The molecule has 0 aliphatic carbocycles. The molecule has 2 aliphatic heterocycles. The predicted octanol–water partition coefficient (Wildman–Crippen LogP) is 0.231. The Morgan fingerprint density at radius 2 is 1.88 bits per heavy atom. The highest BCUT2D eigenvalue weighted by Crippen LogP contribution is 2.32. The normalized spacial score (nSPS) is 16.2. The average Bonchev–Trinajstić information content (AvgIpc) is 3.11. The minimum Gasteiger partial charge on any atom is -0.454 e. The van der Waals surface area contributed by atoms with Gasteiger partial charge in [0, 0.05) is 12.6 Å². The lowest BCUT2D eigenvalue weighted by atomic mass is 10.2. The van der Waals surface area contributed by atoms with Crippen LogP contribution in [0.4, 0.5) is 4.79 Å². The van der Waals surface area contributed by atoms with Gasteiger partial charge in [0.05, 0.1) is 0 Å². The molecule has 0 unspecified atom stereocenters. The molecule has 0 atom stereocenters. The van der Waals surface area contributed by atoms with Crippen molar-refractivity contribution in [1.29, 1.82) is 0 Å². The van der Waals surface area contributed by atoms with Gasteiger partial charge in [-0.3, -0.25) is 19.3 Å². The number of nitrogens with one attached hydrogen (secondary N) is 1. The molecule has 0 radical (unpaired) electrons. The number of nitrogens with zero attached hydrogens (tertiary/aromatic N) is 2. The van der Waals surface area contributed by atoms with Crippen molar-refractivity contribution in [3.8, 4) is 11.5 Å². The second-order valence-corrected chi connectivity index (χ2v) is 5.91. The van der Waals surface area contributed by atoms with Gasteiger partial charge in [-0.2, -0.15) is 0 Å². The van der Waals surface area contributed by atoms with Crippen LogP contribution >= 0.6 is 0 Å². The van der Waals surface area contributed by atoms with Gasteiger partial charge in [-0.25, -0.2) is 9.69 Å². The van der Waals surface area contributed by atoms with Crippen LogP contribution in [-0.2, 0) is 20.9 Å². The standard InChI is InChI=1S/C16H17N3O6/c1-9(2)19-15(22)14(21)18(16(19)23)7-13(20)17-6-10-3-4-11-12(5-10)25-8-24-11/h3-5,9H,6-8H2,1-2H3,(H,17,20). The maximum atomic E-state index is 12.1. The molecule has 2 aliphatic rings. The third-order valence-corrected chi connectivity index (χ3v) is 3.83. The highest BCUT2D eigenvalue weighted by Gasteiger charge is 2.46. The van der Waals surface area contributed by atoms with Crippen molar-refractivity contribution in [3.05, 3.63) is 23.8 Å². The summed E-state index contributed by atoms with van der Waals surface area (Å²) < 4.78 is 10.5. The summed E-state index contributed by atoms with van der Waals surface area (Å²) in [6.45, 7) is 3.08. The van der Waals surface area contributed by atoms with Crippen molar-refractivity contribution >= 4 is 23.8 Å². The van der Waals surface area contributed by atoms with E-state index in [1.165, 1.54) is 0 Å². The first-order chi connectivity index (χ1) is 11.9. The molecule has 5 amide bonds. The highest BCUT2D eigenvalue weighted by atomic mass is 16.7. The second kappa shape index (κ2) is 6.42. The zero-order valence-electron chi connectivity index (χ0n) is 13.8. The van der Waals surface area contributed by atoms with Crippen molar-refractivity contribution in [3.63, 3.8) is 0 Å². The Kier molecular flexibility index (Phi) is 4.30. The van der Waals surface area contributed by atoms with Crippen LogP contribution in [0.25, 0.3) is 0 Å². The smallest absolute Gasteiger partial charge is 0.334 e. The van der Waals surface area contributed by atoms with Crippen LogP contribution in [0.2, 0.25) is 0 Å². The summed E-state index contributed by atoms with van der Waals surface area (Å²) in [5, 5.41) is 2.61. The number of benzene rings is 1. The number of fused-ring (bicyclic) bond motifs is 1. The van der Waals surface area contributed by atoms with Gasteiger partial charge in [-0.15, -0.1) is 0 Å². The van der Waals surface area contributed by atoms with Gasteiger partial charge < -0.3 is 14.8 Å². The molecule has 1 aromatic carbocycles. The summed E-state index contributed by atoms with van der Waals surface area (Å²) in [5.41, 5.74) is 0.775. The summed E-state index contributed by atoms with van der Waals surface area (Å²) in [6.07, 6.45) is 0. The number of carbonyl (C=O) groups excluding carboxylic acids is 4. The Bertz CT molecular complexity index is 760. The lowest BCUT2D eigenvalue weighted by Crippen LogP contribution is -2.42. The Morgan fingerprint density at radius 3 is 2.56 bits per heavy atom. The summed E-state index contributed by atoms with van der Waals surface area (Å²) in [6, 6.07) is 4.01. The topological polar surface area (TPSA) is 105 Å². The van der Waals surface area contributed by atoms with Gasteiger partial charge in [0.1, 0.15) is 6.54 Å². The first kappa shape index (κ1) is 16.7. The summed E-state index contributed by atoms with van der Waals surface area (Å²) >= 11 is 0. The fourth-order valence-electron chi connectivity index (χ4n) is 2.57.